The molecule has 0 radical (unpaired) electrons. The van der Waals surface area contributed by atoms with Gasteiger partial charge in [0.05, 0.1) is 11.4 Å². The number of aryl methyl sites for hydroxylation is 1. The first-order valence-corrected chi connectivity index (χ1v) is 26.7. The van der Waals surface area contributed by atoms with E-state index in [9.17, 15) is 0 Å². The number of nitrogens with zero attached hydrogens (tertiary/aromatic N) is 2. The minimum absolute atomic E-state index is 0.0114. The van der Waals surface area contributed by atoms with E-state index in [1.807, 2.05) is 11.3 Å². The van der Waals surface area contributed by atoms with Crippen LogP contribution in [-0.4, -0.2) is 6.71 Å². The van der Waals surface area contributed by atoms with Crippen molar-refractivity contribution in [3.8, 4) is 11.1 Å². The first kappa shape index (κ1) is 46.3. The standard InChI is InChI=1S/C65H75BN2S/c1-38-29-53-56-54(30-38)68(51-27-23-41(60(5,6)7)31-44(51)39-19-21-40(22-20-39)59(2,3)4)52-35-49-48(64(15,16)37-65(49,17)18)34-50(52)66(56)58-57(45-32-42(61(8,9)10)24-28-55(45)69-58)67(53)43-25-26-46-47(33-43)63(13,14)36-62(46,11)12/h19-35H,36-37H2,1-18H3. The molecule has 6 aromatic carbocycles. The Bertz CT molecular complexity index is 3300. The fraction of sp³-hybridized carbons (Fsp3) is 0.415. The summed E-state index contributed by atoms with van der Waals surface area (Å²) >= 11 is 2.03. The maximum absolute atomic E-state index is 2.71. The zero-order chi connectivity index (χ0) is 49.5. The van der Waals surface area contributed by atoms with Crippen LogP contribution >= 0.6 is 11.3 Å². The van der Waals surface area contributed by atoms with Gasteiger partial charge >= 0.3 is 0 Å². The summed E-state index contributed by atoms with van der Waals surface area (Å²) in [4.78, 5) is 5.42. The van der Waals surface area contributed by atoms with Crippen molar-refractivity contribution in [1.82, 2.24) is 0 Å². The lowest BCUT2D eigenvalue weighted by Gasteiger charge is -2.44. The second kappa shape index (κ2) is 14.5. The summed E-state index contributed by atoms with van der Waals surface area (Å²) in [5.41, 5.74) is 24.8. The van der Waals surface area contributed by atoms with Crippen LogP contribution in [0.5, 0.6) is 0 Å². The highest BCUT2D eigenvalue weighted by atomic mass is 32.1. The Morgan fingerprint density at radius 3 is 1.61 bits per heavy atom. The molecule has 0 unspecified atom stereocenters. The van der Waals surface area contributed by atoms with Crippen molar-refractivity contribution in [3.05, 3.63) is 148 Å². The lowest BCUT2D eigenvalue weighted by atomic mass is 9.36. The number of hydrogen-bond acceptors (Lipinski definition) is 3. The van der Waals surface area contributed by atoms with E-state index in [0.29, 0.717) is 0 Å². The summed E-state index contributed by atoms with van der Waals surface area (Å²) < 4.78 is 2.81. The molecule has 2 nitrogen and oxygen atoms in total. The summed E-state index contributed by atoms with van der Waals surface area (Å²) in [5.74, 6) is 0. The molecule has 0 atom stereocenters. The summed E-state index contributed by atoms with van der Waals surface area (Å²) in [6.45, 7) is 43.2. The van der Waals surface area contributed by atoms with Crippen LogP contribution in [-0.2, 0) is 37.9 Å². The maximum atomic E-state index is 2.71. The van der Waals surface area contributed by atoms with E-state index in [2.05, 4.69) is 238 Å². The number of hydrogen-bond donors (Lipinski definition) is 0. The average Bonchev–Trinajstić information content (AvgIpc) is 3.77. The fourth-order valence-electron chi connectivity index (χ4n) is 13.8. The molecule has 0 fully saturated rings. The molecule has 3 heterocycles. The van der Waals surface area contributed by atoms with Crippen molar-refractivity contribution in [2.75, 3.05) is 9.80 Å². The molecule has 0 N–H and O–H groups in total. The van der Waals surface area contributed by atoms with E-state index in [1.165, 1.54) is 116 Å². The fourth-order valence-corrected chi connectivity index (χ4v) is 15.1. The zero-order valence-electron chi connectivity index (χ0n) is 45.1. The van der Waals surface area contributed by atoms with Gasteiger partial charge in [-0.15, -0.1) is 11.3 Å². The molecule has 354 valence electrons. The van der Waals surface area contributed by atoms with E-state index in [4.69, 9.17) is 0 Å². The van der Waals surface area contributed by atoms with Gasteiger partial charge in [-0.25, -0.2) is 0 Å². The van der Waals surface area contributed by atoms with E-state index < -0.39 is 0 Å². The van der Waals surface area contributed by atoms with Crippen LogP contribution in [0.3, 0.4) is 0 Å². The van der Waals surface area contributed by atoms with E-state index >= 15 is 0 Å². The van der Waals surface area contributed by atoms with Gasteiger partial charge in [0.2, 0.25) is 0 Å². The maximum Gasteiger partial charge on any atom is 0.264 e. The Morgan fingerprint density at radius 1 is 0.478 bits per heavy atom. The van der Waals surface area contributed by atoms with Crippen LogP contribution in [0.25, 0.3) is 21.2 Å². The van der Waals surface area contributed by atoms with Gasteiger partial charge < -0.3 is 9.80 Å². The summed E-state index contributed by atoms with van der Waals surface area (Å²) in [6, 6.07) is 42.1. The van der Waals surface area contributed by atoms with Crippen LogP contribution in [0.2, 0.25) is 0 Å². The first-order chi connectivity index (χ1) is 32.0. The topological polar surface area (TPSA) is 6.48 Å². The van der Waals surface area contributed by atoms with Gasteiger partial charge in [-0.1, -0.05) is 166 Å². The molecule has 0 amide bonds. The lowest BCUT2D eigenvalue weighted by Crippen LogP contribution is -2.60. The van der Waals surface area contributed by atoms with Crippen LogP contribution in [0, 0.1) is 6.92 Å². The largest absolute Gasteiger partial charge is 0.311 e. The second-order valence-electron chi connectivity index (χ2n) is 27.5. The molecule has 7 aromatic rings. The highest BCUT2D eigenvalue weighted by Gasteiger charge is 2.50. The molecule has 2 aliphatic carbocycles. The lowest BCUT2D eigenvalue weighted by molar-refractivity contribution is 0.403. The number of fused-ring (bicyclic) bond motifs is 8. The average molecular weight is 927 g/mol. The van der Waals surface area contributed by atoms with Gasteiger partial charge in [0.15, 0.2) is 0 Å². The van der Waals surface area contributed by atoms with Crippen molar-refractivity contribution in [1.29, 1.82) is 0 Å². The highest BCUT2D eigenvalue weighted by molar-refractivity contribution is 7.33. The molecule has 4 aliphatic rings. The monoisotopic (exact) mass is 927 g/mol. The quantitative estimate of drug-likeness (QED) is 0.163. The van der Waals surface area contributed by atoms with Crippen molar-refractivity contribution >= 4 is 78.0 Å². The Morgan fingerprint density at radius 2 is 1.00 bits per heavy atom. The van der Waals surface area contributed by atoms with Crippen LogP contribution in [0.4, 0.5) is 34.1 Å². The molecule has 0 spiro atoms. The van der Waals surface area contributed by atoms with E-state index in [1.54, 1.807) is 0 Å². The Hall–Kier alpha value is -5.06. The van der Waals surface area contributed by atoms with E-state index in [0.717, 1.165) is 12.8 Å². The third-order valence-corrected chi connectivity index (χ3v) is 18.1. The van der Waals surface area contributed by atoms with Crippen molar-refractivity contribution < 1.29 is 0 Å². The van der Waals surface area contributed by atoms with Gasteiger partial charge in [0, 0.05) is 43.2 Å². The molecule has 0 bridgehead atoms. The Balaban J connectivity index is 1.27. The summed E-state index contributed by atoms with van der Waals surface area (Å²) in [5, 5.41) is 1.36. The Kier molecular flexibility index (Phi) is 9.75. The van der Waals surface area contributed by atoms with Crippen LogP contribution in [0.15, 0.2) is 103 Å². The van der Waals surface area contributed by atoms with Gasteiger partial charge in [-0.3, -0.25) is 0 Å². The molecule has 11 rings (SSSR count). The smallest absolute Gasteiger partial charge is 0.264 e. The molecule has 4 heteroatoms. The third kappa shape index (κ3) is 7.06. The second-order valence-corrected chi connectivity index (χ2v) is 28.6. The molecule has 69 heavy (non-hydrogen) atoms. The zero-order valence-corrected chi connectivity index (χ0v) is 45.9. The molecular formula is C65H75BN2S. The number of anilines is 6. The first-order valence-electron chi connectivity index (χ1n) is 25.9. The number of benzene rings is 6. The van der Waals surface area contributed by atoms with Gasteiger partial charge in [0.25, 0.3) is 6.71 Å². The van der Waals surface area contributed by atoms with Crippen molar-refractivity contribution in [2.24, 2.45) is 0 Å². The predicted molar refractivity (Wildman–Crippen MR) is 303 cm³/mol. The van der Waals surface area contributed by atoms with Gasteiger partial charge in [-0.2, -0.15) is 0 Å². The van der Waals surface area contributed by atoms with Crippen molar-refractivity contribution in [3.63, 3.8) is 0 Å². The summed E-state index contributed by atoms with van der Waals surface area (Å²) in [7, 11) is 0. The molecule has 1 aromatic heterocycles. The molecular weight excluding hydrogens is 852 g/mol. The highest BCUT2D eigenvalue weighted by Crippen LogP contribution is 2.56. The SMILES string of the molecule is Cc1cc2c3c(c1)N(c1ccc4c(c1)C(C)(C)CC4(C)C)c1c(sc4ccc(C(C)(C)C)cc14)B3c1cc3c(cc1N2c1ccc(C(C)(C)C)cc1-c1ccc(C(C)(C)C)cc1)C(C)(C)CC3(C)C. The van der Waals surface area contributed by atoms with Gasteiger partial charge in [-0.05, 0) is 173 Å². The Labute approximate surface area is 419 Å². The number of thiophene rings is 1. The summed E-state index contributed by atoms with van der Waals surface area (Å²) in [6.07, 6.45) is 2.26. The van der Waals surface area contributed by atoms with Gasteiger partial charge in [0.1, 0.15) is 0 Å². The van der Waals surface area contributed by atoms with Crippen molar-refractivity contribution in [2.45, 2.75) is 175 Å². The van der Waals surface area contributed by atoms with Crippen LogP contribution in [0.1, 0.15) is 175 Å². The van der Waals surface area contributed by atoms with E-state index in [-0.39, 0.29) is 44.6 Å². The minimum atomic E-state index is -0.0208. The molecule has 2 aliphatic heterocycles. The normalized spacial score (nSPS) is 18.3. The minimum Gasteiger partial charge on any atom is -0.311 e. The third-order valence-electron chi connectivity index (χ3n) is 16.9. The predicted octanol–water partition coefficient (Wildman–Crippen LogP) is 16.8. The molecule has 0 saturated heterocycles. The molecule has 0 saturated carbocycles. The van der Waals surface area contributed by atoms with Crippen LogP contribution < -0.4 is 25.5 Å². The number of rotatable bonds is 3.